The molecule has 0 aliphatic carbocycles. The van der Waals surface area contributed by atoms with Crippen LogP contribution in [0.25, 0.3) is 16.7 Å². The van der Waals surface area contributed by atoms with E-state index in [1.165, 1.54) is 17.1 Å². The Labute approximate surface area is 172 Å². The van der Waals surface area contributed by atoms with Gasteiger partial charge in [0.1, 0.15) is 11.3 Å². The lowest BCUT2D eigenvalue weighted by atomic mass is 10.1. The summed E-state index contributed by atoms with van der Waals surface area (Å²) in [6.45, 7) is 3.88. The van der Waals surface area contributed by atoms with Crippen molar-refractivity contribution in [3.05, 3.63) is 77.7 Å². The van der Waals surface area contributed by atoms with Crippen LogP contribution in [0.3, 0.4) is 0 Å². The van der Waals surface area contributed by atoms with E-state index in [0.717, 1.165) is 16.5 Å². The Bertz CT molecular complexity index is 1230. The molecular weight excluding hydrogens is 382 g/mol. The maximum absolute atomic E-state index is 12.7. The Morgan fingerprint density at radius 1 is 1.13 bits per heavy atom. The fourth-order valence-corrected chi connectivity index (χ4v) is 3.11. The fourth-order valence-electron chi connectivity index (χ4n) is 3.11. The predicted octanol–water partition coefficient (Wildman–Crippen LogP) is 3.55. The monoisotopic (exact) mass is 401 g/mol. The maximum atomic E-state index is 12.7. The number of rotatable bonds is 5. The van der Waals surface area contributed by atoms with Gasteiger partial charge in [0.2, 0.25) is 0 Å². The highest BCUT2D eigenvalue weighted by Crippen LogP contribution is 2.24. The highest BCUT2D eigenvalue weighted by molar-refractivity contribution is 6.06. The number of aryl methyl sites for hydroxylation is 1. The normalized spacial score (nSPS) is 10.7. The van der Waals surface area contributed by atoms with Gasteiger partial charge in [-0.2, -0.15) is 9.78 Å². The lowest BCUT2D eigenvalue weighted by Gasteiger charge is -2.12. The van der Waals surface area contributed by atoms with Gasteiger partial charge in [-0.25, -0.2) is 9.78 Å². The molecule has 0 unspecified atom stereocenters. The second-order valence-corrected chi connectivity index (χ2v) is 6.52. The lowest BCUT2D eigenvalue weighted by Crippen LogP contribution is -2.19. The SMILES string of the molecule is CCOC(=O)c1cnn(-c2cc(C)c3ccccc3n2)c1NC(=O)c1ccccn1. The summed E-state index contributed by atoms with van der Waals surface area (Å²) in [5, 5.41) is 8.05. The number of carbonyl (C=O) groups is 2. The third-order valence-corrected chi connectivity index (χ3v) is 4.52. The standard InChI is InChI=1S/C22H19N5O3/c1-3-30-22(29)16-13-24-27(20(16)26-21(28)18-10-6-7-11-23-18)19-12-14(2)15-8-4-5-9-17(15)25-19/h4-13H,3H2,1-2H3,(H,26,28). The number of fused-ring (bicyclic) bond motifs is 1. The quantitative estimate of drug-likeness (QED) is 0.514. The Morgan fingerprint density at radius 2 is 1.93 bits per heavy atom. The number of ether oxygens (including phenoxy) is 1. The molecule has 0 saturated carbocycles. The largest absolute Gasteiger partial charge is 0.462 e. The molecular formula is C22H19N5O3. The number of nitrogens with one attached hydrogen (secondary N) is 1. The molecule has 8 nitrogen and oxygen atoms in total. The molecule has 4 rings (SSSR count). The second kappa shape index (κ2) is 8.12. The van der Waals surface area contributed by atoms with Gasteiger partial charge in [0, 0.05) is 11.6 Å². The minimum Gasteiger partial charge on any atom is -0.462 e. The van der Waals surface area contributed by atoms with Crippen molar-refractivity contribution in [2.24, 2.45) is 0 Å². The molecule has 0 fully saturated rings. The number of pyridine rings is 2. The van der Waals surface area contributed by atoms with E-state index < -0.39 is 11.9 Å². The van der Waals surface area contributed by atoms with Crippen LogP contribution in [0, 0.1) is 6.92 Å². The zero-order chi connectivity index (χ0) is 21.1. The minimum atomic E-state index is -0.586. The molecule has 30 heavy (non-hydrogen) atoms. The molecule has 4 aromatic rings. The van der Waals surface area contributed by atoms with Gasteiger partial charge < -0.3 is 10.1 Å². The summed E-state index contributed by atoms with van der Waals surface area (Å²) < 4.78 is 6.54. The van der Waals surface area contributed by atoms with Crippen molar-refractivity contribution in [3.8, 4) is 5.82 Å². The average molecular weight is 401 g/mol. The van der Waals surface area contributed by atoms with Gasteiger partial charge >= 0.3 is 5.97 Å². The molecule has 150 valence electrons. The minimum absolute atomic E-state index is 0.133. The van der Waals surface area contributed by atoms with Crippen LogP contribution in [0.1, 0.15) is 33.3 Å². The molecule has 0 bridgehead atoms. The molecule has 1 amide bonds. The van der Waals surface area contributed by atoms with Crippen LogP contribution in [-0.4, -0.2) is 38.2 Å². The first-order chi connectivity index (χ1) is 14.6. The second-order valence-electron chi connectivity index (χ2n) is 6.52. The van der Waals surface area contributed by atoms with Crippen molar-refractivity contribution in [1.29, 1.82) is 0 Å². The molecule has 0 radical (unpaired) electrons. The number of benzene rings is 1. The summed E-state index contributed by atoms with van der Waals surface area (Å²) in [5.41, 5.74) is 2.12. The molecule has 0 atom stereocenters. The number of hydrogen-bond donors (Lipinski definition) is 1. The number of carbonyl (C=O) groups excluding carboxylic acids is 2. The van der Waals surface area contributed by atoms with Gasteiger partial charge in [0.25, 0.3) is 5.91 Å². The third kappa shape index (κ3) is 3.62. The van der Waals surface area contributed by atoms with Crippen molar-refractivity contribution in [3.63, 3.8) is 0 Å². The number of nitrogens with zero attached hydrogens (tertiary/aromatic N) is 4. The summed E-state index contributed by atoms with van der Waals surface area (Å²) >= 11 is 0. The smallest absolute Gasteiger partial charge is 0.343 e. The van der Waals surface area contributed by atoms with Gasteiger partial charge in [-0.15, -0.1) is 0 Å². The van der Waals surface area contributed by atoms with Crippen LogP contribution < -0.4 is 5.32 Å². The van der Waals surface area contributed by atoms with Crippen molar-refractivity contribution >= 4 is 28.6 Å². The van der Waals surface area contributed by atoms with Crippen LogP contribution in [0.2, 0.25) is 0 Å². The Morgan fingerprint density at radius 3 is 2.70 bits per heavy atom. The summed E-state index contributed by atoms with van der Waals surface area (Å²) in [7, 11) is 0. The van der Waals surface area contributed by atoms with Gasteiger partial charge in [-0.3, -0.25) is 9.78 Å². The molecule has 1 aromatic carbocycles. The number of para-hydroxylation sites is 1. The van der Waals surface area contributed by atoms with Gasteiger partial charge in [0.05, 0.1) is 18.3 Å². The fraction of sp³-hybridized carbons (Fsp3) is 0.136. The van der Waals surface area contributed by atoms with E-state index >= 15 is 0 Å². The molecule has 1 N–H and O–H groups in total. The Hall–Kier alpha value is -4.07. The molecule has 3 aromatic heterocycles. The van der Waals surface area contributed by atoms with Crippen molar-refractivity contribution in [2.75, 3.05) is 11.9 Å². The van der Waals surface area contributed by atoms with Crippen molar-refractivity contribution in [1.82, 2.24) is 19.7 Å². The van der Waals surface area contributed by atoms with Crippen LogP contribution in [0.4, 0.5) is 5.82 Å². The highest BCUT2D eigenvalue weighted by atomic mass is 16.5. The van der Waals surface area contributed by atoms with Crippen LogP contribution >= 0.6 is 0 Å². The molecule has 0 saturated heterocycles. The zero-order valence-electron chi connectivity index (χ0n) is 16.5. The van der Waals surface area contributed by atoms with Crippen molar-refractivity contribution < 1.29 is 14.3 Å². The van der Waals surface area contributed by atoms with E-state index in [4.69, 9.17) is 4.74 Å². The first-order valence-corrected chi connectivity index (χ1v) is 9.42. The topological polar surface area (TPSA) is 99.0 Å². The van der Waals surface area contributed by atoms with Gasteiger partial charge in [0.15, 0.2) is 11.6 Å². The third-order valence-electron chi connectivity index (χ3n) is 4.52. The number of esters is 1. The first kappa shape index (κ1) is 19.3. The van der Waals surface area contributed by atoms with E-state index in [1.807, 2.05) is 37.3 Å². The number of amides is 1. The lowest BCUT2D eigenvalue weighted by molar-refractivity contribution is 0.0527. The number of anilines is 1. The Kier molecular flexibility index (Phi) is 5.21. The van der Waals surface area contributed by atoms with E-state index in [1.54, 1.807) is 25.1 Å². The summed E-state index contributed by atoms with van der Waals surface area (Å²) in [4.78, 5) is 33.9. The van der Waals surface area contributed by atoms with E-state index in [0.29, 0.717) is 5.82 Å². The summed E-state index contributed by atoms with van der Waals surface area (Å²) in [5.74, 6) is -0.414. The molecule has 0 aliphatic rings. The zero-order valence-corrected chi connectivity index (χ0v) is 16.5. The predicted molar refractivity (Wildman–Crippen MR) is 112 cm³/mol. The molecule has 3 heterocycles. The van der Waals surface area contributed by atoms with Gasteiger partial charge in [-0.1, -0.05) is 24.3 Å². The number of hydrogen-bond acceptors (Lipinski definition) is 6. The molecule has 8 heteroatoms. The summed E-state index contributed by atoms with van der Waals surface area (Å²) in [6.07, 6.45) is 2.88. The highest BCUT2D eigenvalue weighted by Gasteiger charge is 2.23. The van der Waals surface area contributed by atoms with E-state index in [-0.39, 0.29) is 23.7 Å². The van der Waals surface area contributed by atoms with E-state index in [2.05, 4.69) is 20.4 Å². The van der Waals surface area contributed by atoms with E-state index in [9.17, 15) is 9.59 Å². The van der Waals surface area contributed by atoms with Gasteiger partial charge in [-0.05, 0) is 43.7 Å². The maximum Gasteiger partial charge on any atom is 0.343 e. The molecule has 0 aliphatic heterocycles. The first-order valence-electron chi connectivity index (χ1n) is 9.42. The summed E-state index contributed by atoms with van der Waals surface area (Å²) in [6, 6.07) is 14.6. The van der Waals surface area contributed by atoms with Crippen LogP contribution in [0.15, 0.2) is 60.9 Å². The Balaban J connectivity index is 1.82. The number of aromatic nitrogens is 4. The van der Waals surface area contributed by atoms with Crippen LogP contribution in [-0.2, 0) is 4.74 Å². The molecule has 0 spiro atoms. The van der Waals surface area contributed by atoms with Crippen LogP contribution in [0.5, 0.6) is 0 Å². The average Bonchev–Trinajstić information content (AvgIpc) is 3.18. The van der Waals surface area contributed by atoms with Crippen molar-refractivity contribution in [2.45, 2.75) is 13.8 Å².